The van der Waals surface area contributed by atoms with Crippen LogP contribution in [-0.4, -0.2) is 35.9 Å². The van der Waals surface area contributed by atoms with Gasteiger partial charge >= 0.3 is 12.1 Å². The van der Waals surface area contributed by atoms with E-state index in [2.05, 4.69) is 0 Å². The van der Waals surface area contributed by atoms with Gasteiger partial charge in [-0.2, -0.15) is 13.2 Å². The van der Waals surface area contributed by atoms with Crippen molar-refractivity contribution in [2.45, 2.75) is 25.4 Å². The zero-order valence-corrected chi connectivity index (χ0v) is 11.9. The minimum absolute atomic E-state index is 0.165. The third-order valence-electron chi connectivity index (χ3n) is 4.30. The molecule has 1 saturated heterocycles. The molecule has 2 rings (SSSR count). The lowest BCUT2D eigenvalue weighted by Gasteiger charge is -2.39. The summed E-state index contributed by atoms with van der Waals surface area (Å²) in [4.78, 5) is 13.2. The number of alkyl halides is 3. The van der Waals surface area contributed by atoms with Crippen LogP contribution in [0.1, 0.15) is 24.8 Å². The smallest absolute Gasteiger partial charge is 0.416 e. The Kier molecular flexibility index (Phi) is 4.65. The Bertz CT molecular complexity index is 537. The number of piperidine rings is 1. The van der Waals surface area contributed by atoms with Gasteiger partial charge in [0, 0.05) is 25.4 Å². The maximum atomic E-state index is 12.7. The normalized spacial score (nSPS) is 18.3. The molecule has 1 aromatic rings. The fraction of sp³-hybridized carbons (Fsp3) is 0.533. The Hall–Kier alpha value is -1.76. The van der Waals surface area contributed by atoms with Gasteiger partial charge in [0.25, 0.3) is 0 Å². The Balaban J connectivity index is 2.13. The number of rotatable bonds is 4. The number of nitrogens with zero attached hydrogens (tertiary/aromatic N) is 1. The molecule has 0 spiro atoms. The number of aliphatic hydroxyl groups is 1. The van der Waals surface area contributed by atoms with Gasteiger partial charge in [0.05, 0.1) is 11.0 Å². The van der Waals surface area contributed by atoms with Crippen molar-refractivity contribution in [1.82, 2.24) is 0 Å². The number of anilines is 1. The maximum Gasteiger partial charge on any atom is 0.416 e. The quantitative estimate of drug-likeness (QED) is 0.896. The Morgan fingerprint density at radius 1 is 1.27 bits per heavy atom. The lowest BCUT2D eigenvalue weighted by molar-refractivity contribution is -0.151. The molecule has 1 aliphatic rings. The first-order valence-corrected chi connectivity index (χ1v) is 7.05. The van der Waals surface area contributed by atoms with Gasteiger partial charge in [0.15, 0.2) is 0 Å². The fourth-order valence-corrected chi connectivity index (χ4v) is 2.86. The first-order valence-electron chi connectivity index (χ1n) is 7.05. The number of benzene rings is 1. The fourth-order valence-electron chi connectivity index (χ4n) is 2.86. The number of aliphatic hydroxyl groups excluding tert-OH is 1. The van der Waals surface area contributed by atoms with E-state index in [9.17, 15) is 23.1 Å². The number of aliphatic carboxylic acids is 1. The highest BCUT2D eigenvalue weighted by Crippen LogP contribution is 2.38. The number of carboxylic acids is 1. The van der Waals surface area contributed by atoms with Crippen molar-refractivity contribution in [2.24, 2.45) is 5.41 Å². The summed E-state index contributed by atoms with van der Waals surface area (Å²) in [5, 5.41) is 18.4. The summed E-state index contributed by atoms with van der Waals surface area (Å²) in [7, 11) is 0. The van der Waals surface area contributed by atoms with Crippen molar-refractivity contribution in [3.63, 3.8) is 0 Å². The second-order valence-electron chi connectivity index (χ2n) is 5.59. The predicted molar refractivity (Wildman–Crippen MR) is 74.7 cm³/mol. The van der Waals surface area contributed by atoms with Crippen LogP contribution in [0.2, 0.25) is 0 Å². The van der Waals surface area contributed by atoms with Crippen LogP contribution in [0.15, 0.2) is 24.3 Å². The molecule has 1 aromatic carbocycles. The lowest BCUT2D eigenvalue weighted by Crippen LogP contribution is -2.45. The van der Waals surface area contributed by atoms with Crippen LogP contribution in [0, 0.1) is 5.41 Å². The van der Waals surface area contributed by atoms with Crippen LogP contribution in [0.4, 0.5) is 18.9 Å². The van der Waals surface area contributed by atoms with Crippen LogP contribution in [0.3, 0.4) is 0 Å². The molecule has 2 N–H and O–H groups in total. The molecule has 1 aliphatic heterocycles. The third kappa shape index (κ3) is 3.35. The van der Waals surface area contributed by atoms with Crippen molar-refractivity contribution in [3.05, 3.63) is 29.8 Å². The zero-order chi connectivity index (χ0) is 16.4. The van der Waals surface area contributed by atoms with Gasteiger partial charge < -0.3 is 15.1 Å². The van der Waals surface area contributed by atoms with Gasteiger partial charge in [-0.3, -0.25) is 4.79 Å². The van der Waals surface area contributed by atoms with Gasteiger partial charge in [-0.15, -0.1) is 0 Å². The van der Waals surface area contributed by atoms with Crippen molar-refractivity contribution < 1.29 is 28.2 Å². The second-order valence-corrected chi connectivity index (χ2v) is 5.59. The van der Waals surface area contributed by atoms with E-state index in [0.29, 0.717) is 31.6 Å². The van der Waals surface area contributed by atoms with Crippen LogP contribution >= 0.6 is 0 Å². The standard InChI is InChI=1S/C15H18F3NO3/c16-15(17,18)11-2-1-3-12(10-11)19-7-4-14(5-8-19,6-9-20)13(21)22/h1-3,10,20H,4-9H2,(H,21,22). The number of halogens is 3. The molecule has 0 amide bonds. The zero-order valence-electron chi connectivity index (χ0n) is 11.9. The SMILES string of the molecule is O=C(O)C1(CCO)CCN(c2cccc(C(F)(F)F)c2)CC1. The van der Waals surface area contributed by atoms with E-state index in [1.807, 2.05) is 0 Å². The molecule has 0 bridgehead atoms. The van der Waals surface area contributed by atoms with Crippen LogP contribution < -0.4 is 4.90 Å². The van der Waals surface area contributed by atoms with E-state index in [0.717, 1.165) is 12.1 Å². The Labute approximate surface area is 126 Å². The molecule has 7 heteroatoms. The van der Waals surface area contributed by atoms with Gasteiger partial charge in [-0.05, 0) is 37.5 Å². The van der Waals surface area contributed by atoms with Gasteiger partial charge in [-0.1, -0.05) is 6.07 Å². The molecule has 0 aliphatic carbocycles. The van der Waals surface area contributed by atoms with Gasteiger partial charge in [0.1, 0.15) is 0 Å². The average molecular weight is 317 g/mol. The Morgan fingerprint density at radius 3 is 2.41 bits per heavy atom. The second kappa shape index (κ2) is 6.16. The van der Waals surface area contributed by atoms with Crippen LogP contribution in [-0.2, 0) is 11.0 Å². The molecular weight excluding hydrogens is 299 g/mol. The molecule has 0 unspecified atom stereocenters. The van der Waals surface area contributed by atoms with E-state index in [1.54, 1.807) is 11.0 Å². The minimum atomic E-state index is -4.40. The molecule has 0 aromatic heterocycles. The number of carbonyl (C=O) groups is 1. The van der Waals surface area contributed by atoms with E-state index in [-0.39, 0.29) is 13.0 Å². The number of carboxylic acid groups (broad SMARTS) is 1. The highest BCUT2D eigenvalue weighted by atomic mass is 19.4. The summed E-state index contributed by atoms with van der Waals surface area (Å²) < 4.78 is 38.2. The summed E-state index contributed by atoms with van der Waals surface area (Å²) in [5.74, 6) is -0.953. The molecule has 0 radical (unpaired) electrons. The van der Waals surface area contributed by atoms with Crippen molar-refractivity contribution in [1.29, 1.82) is 0 Å². The summed E-state index contributed by atoms with van der Waals surface area (Å²) in [5.41, 5.74) is -1.25. The van der Waals surface area contributed by atoms with Crippen molar-refractivity contribution in [2.75, 3.05) is 24.6 Å². The number of hydrogen-bond acceptors (Lipinski definition) is 3. The van der Waals surface area contributed by atoms with Gasteiger partial charge in [-0.25, -0.2) is 0 Å². The predicted octanol–water partition coefficient (Wildman–Crippen LogP) is 2.76. The first kappa shape index (κ1) is 16.6. The average Bonchev–Trinajstić information content (AvgIpc) is 2.47. The summed E-state index contributed by atoms with van der Waals surface area (Å²) >= 11 is 0. The van der Waals surface area contributed by atoms with Gasteiger partial charge in [0.2, 0.25) is 0 Å². The van der Waals surface area contributed by atoms with E-state index in [4.69, 9.17) is 5.11 Å². The topological polar surface area (TPSA) is 60.8 Å². The summed E-state index contributed by atoms with van der Waals surface area (Å²) in [6.07, 6.45) is -3.62. The molecule has 122 valence electrons. The summed E-state index contributed by atoms with van der Waals surface area (Å²) in [6.45, 7) is 0.497. The monoisotopic (exact) mass is 317 g/mol. The van der Waals surface area contributed by atoms with Crippen molar-refractivity contribution in [3.8, 4) is 0 Å². The Morgan fingerprint density at radius 2 is 1.91 bits per heavy atom. The molecule has 0 atom stereocenters. The minimum Gasteiger partial charge on any atom is -0.481 e. The molecule has 4 nitrogen and oxygen atoms in total. The largest absolute Gasteiger partial charge is 0.481 e. The number of hydrogen-bond donors (Lipinski definition) is 2. The lowest BCUT2D eigenvalue weighted by atomic mass is 9.76. The maximum absolute atomic E-state index is 12.7. The summed E-state index contributed by atoms with van der Waals surface area (Å²) in [6, 6.07) is 5.04. The van der Waals surface area contributed by atoms with E-state index in [1.165, 1.54) is 6.07 Å². The van der Waals surface area contributed by atoms with E-state index < -0.39 is 23.1 Å². The molecule has 22 heavy (non-hydrogen) atoms. The molecule has 1 heterocycles. The highest BCUT2D eigenvalue weighted by Gasteiger charge is 2.41. The molecule has 1 fully saturated rings. The van der Waals surface area contributed by atoms with Crippen molar-refractivity contribution >= 4 is 11.7 Å². The van der Waals surface area contributed by atoms with Crippen LogP contribution in [0.5, 0.6) is 0 Å². The van der Waals surface area contributed by atoms with E-state index >= 15 is 0 Å². The molecular formula is C15H18F3NO3. The third-order valence-corrected chi connectivity index (χ3v) is 4.30. The first-order chi connectivity index (χ1) is 10.3. The highest BCUT2D eigenvalue weighted by molar-refractivity contribution is 5.75. The van der Waals surface area contributed by atoms with Crippen LogP contribution in [0.25, 0.3) is 0 Å². The molecule has 0 saturated carbocycles.